The van der Waals surface area contributed by atoms with E-state index in [0.29, 0.717) is 5.69 Å². The van der Waals surface area contributed by atoms with Crippen molar-refractivity contribution >= 4 is 21.4 Å². The topological polar surface area (TPSA) is 12.9 Å². The summed E-state index contributed by atoms with van der Waals surface area (Å²) in [7, 11) is 0. The van der Waals surface area contributed by atoms with E-state index in [4.69, 9.17) is 0 Å². The van der Waals surface area contributed by atoms with Crippen LogP contribution in [0, 0.1) is 0 Å². The minimum Gasteiger partial charge on any atom is -0.255 e. The summed E-state index contributed by atoms with van der Waals surface area (Å²) < 4.78 is 39.0. The second-order valence-corrected chi connectivity index (χ2v) is 5.16. The monoisotopic (exact) mass is 279 g/mol. The smallest absolute Gasteiger partial charge is 0.255 e. The molecule has 2 heterocycles. The summed E-state index contributed by atoms with van der Waals surface area (Å²) in [6, 6.07) is 11.6. The molecular weight excluding hydrogens is 271 g/mol. The Bertz CT molecular complexity index is 698. The molecule has 0 saturated heterocycles. The summed E-state index contributed by atoms with van der Waals surface area (Å²) in [6.45, 7) is 0. The number of aromatic nitrogens is 1. The number of hydrogen-bond donors (Lipinski definition) is 0. The molecule has 1 aromatic carbocycles. The Balaban J connectivity index is 2.11. The molecule has 0 amide bonds. The summed E-state index contributed by atoms with van der Waals surface area (Å²) in [4.78, 5) is 4.77. The van der Waals surface area contributed by atoms with Gasteiger partial charge in [-0.3, -0.25) is 4.98 Å². The number of rotatable bonds is 1. The number of benzene rings is 1. The number of thiophene rings is 1. The number of fused-ring (bicyclic) bond motifs is 1. The fourth-order valence-corrected chi connectivity index (χ4v) is 2.88. The molecule has 0 radical (unpaired) electrons. The molecule has 0 bridgehead atoms. The van der Waals surface area contributed by atoms with E-state index in [2.05, 4.69) is 4.98 Å². The predicted octanol–water partition coefficient (Wildman–Crippen LogP) is 4.98. The van der Waals surface area contributed by atoms with E-state index in [-0.39, 0.29) is 0 Å². The van der Waals surface area contributed by atoms with E-state index in [9.17, 15) is 13.2 Å². The average molecular weight is 279 g/mol. The zero-order valence-corrected chi connectivity index (χ0v) is 10.4. The van der Waals surface area contributed by atoms with Gasteiger partial charge in [-0.2, -0.15) is 13.2 Å². The van der Waals surface area contributed by atoms with Gasteiger partial charge in [-0.25, -0.2) is 0 Å². The zero-order chi connectivity index (χ0) is 13.5. The first kappa shape index (κ1) is 12.2. The molecule has 0 spiro atoms. The highest BCUT2D eigenvalue weighted by molar-refractivity contribution is 7.22. The van der Waals surface area contributed by atoms with Crippen molar-refractivity contribution in [2.24, 2.45) is 0 Å². The molecule has 0 fully saturated rings. The molecule has 96 valence electrons. The van der Waals surface area contributed by atoms with Crippen LogP contribution in [0.25, 0.3) is 20.7 Å². The van der Waals surface area contributed by atoms with Crippen LogP contribution in [0.15, 0.2) is 48.7 Å². The Kier molecular flexibility index (Phi) is 2.78. The molecule has 0 N–H and O–H groups in total. The number of hydrogen-bond acceptors (Lipinski definition) is 2. The minimum absolute atomic E-state index is 0.357. The van der Waals surface area contributed by atoms with Gasteiger partial charge in [-0.15, -0.1) is 11.3 Å². The molecule has 1 nitrogen and oxygen atoms in total. The Morgan fingerprint density at radius 2 is 1.79 bits per heavy atom. The quantitative estimate of drug-likeness (QED) is 0.612. The van der Waals surface area contributed by atoms with Crippen LogP contribution >= 0.6 is 11.3 Å². The van der Waals surface area contributed by atoms with Crippen LogP contribution < -0.4 is 0 Å². The van der Waals surface area contributed by atoms with Crippen molar-refractivity contribution in [3.8, 4) is 10.6 Å². The largest absolute Gasteiger partial charge is 0.416 e. The van der Waals surface area contributed by atoms with Crippen molar-refractivity contribution in [1.82, 2.24) is 4.98 Å². The highest BCUT2D eigenvalue weighted by atomic mass is 32.1. The molecule has 0 aliphatic rings. The summed E-state index contributed by atoms with van der Waals surface area (Å²) >= 11 is 1.44. The van der Waals surface area contributed by atoms with Gasteiger partial charge in [-0.1, -0.05) is 18.2 Å². The SMILES string of the molecule is FC(F)(F)c1ccnc(-c2cc3ccccc3s2)c1. The number of pyridine rings is 1. The van der Waals surface area contributed by atoms with Gasteiger partial charge < -0.3 is 0 Å². The highest BCUT2D eigenvalue weighted by Crippen LogP contribution is 2.35. The van der Waals surface area contributed by atoms with Crippen LogP contribution in [0.1, 0.15) is 5.56 Å². The van der Waals surface area contributed by atoms with E-state index in [1.54, 1.807) is 0 Å². The lowest BCUT2D eigenvalue weighted by atomic mass is 10.2. The summed E-state index contributed by atoms with van der Waals surface area (Å²) in [5.41, 5.74) is -0.314. The summed E-state index contributed by atoms with van der Waals surface area (Å²) in [5, 5.41) is 1.02. The average Bonchev–Trinajstić information content (AvgIpc) is 2.81. The fourth-order valence-electron chi connectivity index (χ4n) is 1.85. The van der Waals surface area contributed by atoms with Crippen LogP contribution in [0.4, 0.5) is 13.2 Å². The van der Waals surface area contributed by atoms with E-state index in [1.807, 2.05) is 30.3 Å². The zero-order valence-electron chi connectivity index (χ0n) is 9.61. The molecule has 3 rings (SSSR count). The Morgan fingerprint density at radius 1 is 1.00 bits per heavy atom. The molecular formula is C14H8F3NS. The van der Waals surface area contributed by atoms with Crippen LogP contribution in [0.5, 0.6) is 0 Å². The number of alkyl halides is 3. The van der Waals surface area contributed by atoms with Crippen molar-refractivity contribution in [2.75, 3.05) is 0 Å². The highest BCUT2D eigenvalue weighted by Gasteiger charge is 2.30. The Labute approximate surface area is 111 Å². The van der Waals surface area contributed by atoms with Gasteiger partial charge in [0.1, 0.15) is 0 Å². The van der Waals surface area contributed by atoms with Crippen LogP contribution in [0.2, 0.25) is 0 Å². The van der Waals surface area contributed by atoms with Gasteiger partial charge in [0, 0.05) is 10.9 Å². The maximum absolute atomic E-state index is 12.7. The summed E-state index contributed by atoms with van der Waals surface area (Å²) in [6.07, 6.45) is -3.14. The van der Waals surface area contributed by atoms with E-state index in [1.165, 1.54) is 17.5 Å². The lowest BCUT2D eigenvalue weighted by Gasteiger charge is -2.06. The molecule has 2 aromatic heterocycles. The van der Waals surface area contributed by atoms with Gasteiger partial charge in [0.25, 0.3) is 0 Å². The van der Waals surface area contributed by atoms with Crippen LogP contribution in [-0.4, -0.2) is 4.98 Å². The van der Waals surface area contributed by atoms with Crippen molar-refractivity contribution in [1.29, 1.82) is 0 Å². The first-order valence-electron chi connectivity index (χ1n) is 5.56. The molecule has 0 saturated carbocycles. The third-order valence-corrected chi connectivity index (χ3v) is 3.90. The first-order chi connectivity index (χ1) is 9.04. The van der Waals surface area contributed by atoms with Gasteiger partial charge in [0.2, 0.25) is 0 Å². The van der Waals surface area contributed by atoms with Crippen molar-refractivity contribution in [2.45, 2.75) is 6.18 Å². The molecule has 0 aliphatic heterocycles. The van der Waals surface area contributed by atoms with Crippen LogP contribution in [-0.2, 0) is 6.18 Å². The molecule has 5 heteroatoms. The second-order valence-electron chi connectivity index (χ2n) is 4.08. The molecule has 0 aliphatic carbocycles. The number of halogens is 3. The van der Waals surface area contributed by atoms with E-state index >= 15 is 0 Å². The third kappa shape index (κ3) is 2.33. The molecule has 0 unspecified atom stereocenters. The molecule has 3 aromatic rings. The van der Waals surface area contributed by atoms with Gasteiger partial charge >= 0.3 is 6.18 Å². The third-order valence-electron chi connectivity index (χ3n) is 2.77. The first-order valence-corrected chi connectivity index (χ1v) is 6.38. The normalized spacial score (nSPS) is 11.9. The lowest BCUT2D eigenvalue weighted by molar-refractivity contribution is -0.137. The Morgan fingerprint density at radius 3 is 2.53 bits per heavy atom. The lowest BCUT2D eigenvalue weighted by Crippen LogP contribution is -2.04. The van der Waals surface area contributed by atoms with E-state index in [0.717, 1.165) is 27.1 Å². The van der Waals surface area contributed by atoms with Crippen LogP contribution in [0.3, 0.4) is 0 Å². The fraction of sp³-hybridized carbons (Fsp3) is 0.0714. The van der Waals surface area contributed by atoms with Crippen molar-refractivity contribution in [3.63, 3.8) is 0 Å². The maximum atomic E-state index is 12.7. The van der Waals surface area contributed by atoms with E-state index < -0.39 is 11.7 Å². The van der Waals surface area contributed by atoms with Crippen molar-refractivity contribution < 1.29 is 13.2 Å². The standard InChI is InChI=1S/C14H8F3NS/c15-14(16,17)10-5-6-18-11(8-10)13-7-9-3-1-2-4-12(9)19-13/h1-8H. The second kappa shape index (κ2) is 4.35. The minimum atomic E-state index is -4.34. The Hall–Kier alpha value is -1.88. The predicted molar refractivity (Wildman–Crippen MR) is 70.1 cm³/mol. The van der Waals surface area contributed by atoms with Crippen molar-refractivity contribution in [3.05, 3.63) is 54.2 Å². The summed E-state index contributed by atoms with van der Waals surface area (Å²) in [5.74, 6) is 0. The number of nitrogens with zero attached hydrogens (tertiary/aromatic N) is 1. The van der Waals surface area contributed by atoms with Gasteiger partial charge in [-0.05, 0) is 29.7 Å². The van der Waals surface area contributed by atoms with Gasteiger partial charge in [0.05, 0.1) is 16.1 Å². The maximum Gasteiger partial charge on any atom is 0.416 e. The molecule has 0 atom stereocenters. The molecule has 19 heavy (non-hydrogen) atoms. The van der Waals surface area contributed by atoms with Gasteiger partial charge in [0.15, 0.2) is 0 Å².